The molecule has 0 heterocycles. The van der Waals surface area contributed by atoms with Crippen LogP contribution in [-0.4, -0.2) is 26.0 Å². The van der Waals surface area contributed by atoms with Gasteiger partial charge in [-0.2, -0.15) is 0 Å². The number of aliphatic carboxylic acids is 1. The summed E-state index contributed by atoms with van der Waals surface area (Å²) in [6.07, 6.45) is 0.225. The van der Waals surface area contributed by atoms with Crippen molar-refractivity contribution in [1.29, 1.82) is 0 Å². The van der Waals surface area contributed by atoms with E-state index in [0.29, 0.717) is 4.90 Å². The van der Waals surface area contributed by atoms with Gasteiger partial charge in [0.1, 0.15) is 0 Å². The summed E-state index contributed by atoms with van der Waals surface area (Å²) in [5.41, 5.74) is 4.56. The van der Waals surface area contributed by atoms with Crippen molar-refractivity contribution in [2.24, 2.45) is 0 Å². The lowest BCUT2D eigenvalue weighted by Gasteiger charge is -2.19. The van der Waals surface area contributed by atoms with Crippen LogP contribution in [0.5, 0.6) is 0 Å². The van der Waals surface area contributed by atoms with Gasteiger partial charge in [0.15, 0.2) is 0 Å². The minimum atomic E-state index is -3.62. The van der Waals surface area contributed by atoms with Gasteiger partial charge in [-0.3, -0.25) is 4.79 Å². The van der Waals surface area contributed by atoms with E-state index in [-0.39, 0.29) is 19.4 Å². The van der Waals surface area contributed by atoms with Crippen molar-refractivity contribution in [2.45, 2.75) is 52.4 Å². The van der Waals surface area contributed by atoms with Gasteiger partial charge in [0.25, 0.3) is 0 Å². The topological polar surface area (TPSA) is 83.5 Å². The fourth-order valence-electron chi connectivity index (χ4n) is 2.39. The van der Waals surface area contributed by atoms with E-state index in [1.165, 1.54) is 0 Å². The van der Waals surface area contributed by atoms with Gasteiger partial charge in [0.05, 0.1) is 4.90 Å². The summed E-state index contributed by atoms with van der Waals surface area (Å²) in [4.78, 5) is 10.8. The van der Waals surface area contributed by atoms with Crippen molar-refractivity contribution < 1.29 is 18.3 Å². The second-order valence-electron chi connectivity index (χ2n) is 5.35. The van der Waals surface area contributed by atoms with Crippen molar-refractivity contribution in [3.63, 3.8) is 0 Å². The van der Waals surface area contributed by atoms with Gasteiger partial charge in [-0.05, 0) is 68.9 Å². The first-order chi connectivity index (χ1) is 9.59. The number of carbonyl (C=O) groups is 1. The largest absolute Gasteiger partial charge is 0.481 e. The molecule has 1 rings (SSSR count). The zero-order valence-electron chi connectivity index (χ0n) is 13.2. The molecule has 0 aromatic heterocycles. The second kappa shape index (κ2) is 6.58. The predicted octanol–water partition coefficient (Wildman–Crippen LogP) is 2.37. The maximum absolute atomic E-state index is 12.5. The minimum Gasteiger partial charge on any atom is -0.481 e. The molecule has 2 N–H and O–H groups in total. The molecule has 0 saturated carbocycles. The highest BCUT2D eigenvalue weighted by Gasteiger charge is 2.23. The number of sulfonamides is 1. The quantitative estimate of drug-likeness (QED) is 0.790. The fourth-order valence-corrected chi connectivity index (χ4v) is 4.06. The molecule has 0 fully saturated rings. The van der Waals surface area contributed by atoms with Crippen LogP contribution >= 0.6 is 0 Å². The molecule has 0 radical (unpaired) electrons. The maximum Gasteiger partial charge on any atom is 0.303 e. The minimum absolute atomic E-state index is 0.0492. The van der Waals surface area contributed by atoms with Crippen molar-refractivity contribution in [3.05, 3.63) is 27.8 Å². The van der Waals surface area contributed by atoms with Crippen molar-refractivity contribution in [2.75, 3.05) is 6.54 Å². The van der Waals surface area contributed by atoms with Crippen LogP contribution in [0.1, 0.15) is 40.7 Å². The van der Waals surface area contributed by atoms with E-state index in [2.05, 4.69) is 4.72 Å². The second-order valence-corrected chi connectivity index (χ2v) is 7.05. The molecule has 0 aliphatic heterocycles. The van der Waals surface area contributed by atoms with Gasteiger partial charge in [-0.1, -0.05) is 0 Å². The summed E-state index contributed by atoms with van der Waals surface area (Å²) in [5, 5.41) is 8.57. The summed E-state index contributed by atoms with van der Waals surface area (Å²) < 4.78 is 27.4. The first-order valence-electron chi connectivity index (χ1n) is 6.88. The van der Waals surface area contributed by atoms with E-state index in [1.54, 1.807) is 13.8 Å². The molecule has 0 bridgehead atoms. The smallest absolute Gasteiger partial charge is 0.303 e. The van der Waals surface area contributed by atoms with E-state index in [4.69, 9.17) is 5.11 Å². The zero-order valence-corrected chi connectivity index (χ0v) is 14.0. The van der Waals surface area contributed by atoms with Gasteiger partial charge < -0.3 is 5.11 Å². The molecule has 0 unspecified atom stereocenters. The Balaban J connectivity index is 3.12. The predicted molar refractivity (Wildman–Crippen MR) is 82.2 cm³/mol. The number of benzene rings is 1. The van der Waals surface area contributed by atoms with E-state index >= 15 is 0 Å². The van der Waals surface area contributed by atoms with Crippen LogP contribution in [0.2, 0.25) is 0 Å². The SMILES string of the molecule is Cc1c(C)c(C)c(S(=O)(=O)NCCCC(=O)O)c(C)c1C. The monoisotopic (exact) mass is 313 g/mol. The summed E-state index contributed by atoms with van der Waals surface area (Å²) in [5.74, 6) is -0.927. The summed E-state index contributed by atoms with van der Waals surface area (Å²) in [7, 11) is -3.62. The lowest BCUT2D eigenvalue weighted by atomic mass is 9.95. The van der Waals surface area contributed by atoms with Crippen LogP contribution in [0, 0.1) is 34.6 Å². The van der Waals surface area contributed by atoms with Crippen LogP contribution in [0.15, 0.2) is 4.90 Å². The van der Waals surface area contributed by atoms with Crippen LogP contribution < -0.4 is 4.72 Å². The zero-order chi connectivity index (χ0) is 16.4. The molecule has 0 atom stereocenters. The highest BCUT2D eigenvalue weighted by atomic mass is 32.2. The Labute approximate surface area is 126 Å². The molecule has 0 spiro atoms. The van der Waals surface area contributed by atoms with Crippen LogP contribution in [0.25, 0.3) is 0 Å². The van der Waals surface area contributed by atoms with Crippen molar-refractivity contribution in [3.8, 4) is 0 Å². The van der Waals surface area contributed by atoms with Crippen molar-refractivity contribution in [1.82, 2.24) is 4.72 Å². The first kappa shape index (κ1) is 17.7. The lowest BCUT2D eigenvalue weighted by molar-refractivity contribution is -0.137. The van der Waals surface area contributed by atoms with Gasteiger partial charge in [-0.15, -0.1) is 0 Å². The van der Waals surface area contributed by atoms with Gasteiger partial charge in [0.2, 0.25) is 10.0 Å². The molecule has 1 aromatic rings. The average molecular weight is 313 g/mol. The van der Waals surface area contributed by atoms with Crippen LogP contribution in [-0.2, 0) is 14.8 Å². The fraction of sp³-hybridized carbons (Fsp3) is 0.533. The molecule has 6 heteroatoms. The number of carboxylic acid groups (broad SMARTS) is 1. The Morgan fingerprint density at radius 2 is 1.38 bits per heavy atom. The summed E-state index contributed by atoms with van der Waals surface area (Å²) in [6.45, 7) is 9.56. The highest BCUT2D eigenvalue weighted by molar-refractivity contribution is 7.89. The lowest BCUT2D eigenvalue weighted by Crippen LogP contribution is -2.27. The van der Waals surface area contributed by atoms with E-state index in [1.807, 2.05) is 20.8 Å². The average Bonchev–Trinajstić information content (AvgIpc) is 2.39. The Hall–Kier alpha value is -1.40. The maximum atomic E-state index is 12.5. The Kier molecular flexibility index (Phi) is 5.53. The Morgan fingerprint density at radius 3 is 1.81 bits per heavy atom. The Bertz CT molecular complexity index is 634. The van der Waals surface area contributed by atoms with Gasteiger partial charge in [-0.25, -0.2) is 13.1 Å². The molecule has 118 valence electrons. The molecular formula is C15H23NO4S. The Morgan fingerprint density at radius 1 is 0.952 bits per heavy atom. The number of nitrogens with one attached hydrogen (secondary N) is 1. The first-order valence-corrected chi connectivity index (χ1v) is 8.36. The highest BCUT2D eigenvalue weighted by Crippen LogP contribution is 2.29. The molecule has 0 saturated heterocycles. The number of carboxylic acids is 1. The molecule has 0 amide bonds. The van der Waals surface area contributed by atoms with Gasteiger partial charge >= 0.3 is 5.97 Å². The van der Waals surface area contributed by atoms with E-state index in [9.17, 15) is 13.2 Å². The molecule has 5 nitrogen and oxygen atoms in total. The number of hydrogen-bond acceptors (Lipinski definition) is 3. The summed E-state index contributed by atoms with van der Waals surface area (Å²) in [6, 6.07) is 0. The van der Waals surface area contributed by atoms with Gasteiger partial charge in [0, 0.05) is 13.0 Å². The number of rotatable bonds is 6. The molecule has 21 heavy (non-hydrogen) atoms. The van der Waals surface area contributed by atoms with E-state index < -0.39 is 16.0 Å². The van der Waals surface area contributed by atoms with Crippen LogP contribution in [0.4, 0.5) is 0 Å². The standard InChI is InChI=1S/C15H23NO4S/c1-9-10(2)12(4)15(13(5)11(9)3)21(19,20)16-8-6-7-14(17)18/h16H,6-8H2,1-5H3,(H,17,18). The summed E-state index contributed by atoms with van der Waals surface area (Å²) >= 11 is 0. The molecule has 0 aliphatic rings. The third kappa shape index (κ3) is 3.83. The molecule has 1 aromatic carbocycles. The normalized spacial score (nSPS) is 11.7. The third-order valence-corrected chi connectivity index (χ3v) is 5.79. The number of hydrogen-bond donors (Lipinski definition) is 2. The molecular weight excluding hydrogens is 290 g/mol. The third-order valence-electron chi connectivity index (χ3n) is 4.06. The van der Waals surface area contributed by atoms with E-state index in [0.717, 1.165) is 27.8 Å². The molecule has 0 aliphatic carbocycles. The van der Waals surface area contributed by atoms with Crippen LogP contribution in [0.3, 0.4) is 0 Å². The van der Waals surface area contributed by atoms with Crippen molar-refractivity contribution >= 4 is 16.0 Å².